The highest BCUT2D eigenvalue weighted by Crippen LogP contribution is 2.23. The zero-order valence-electron chi connectivity index (χ0n) is 9.39. The van der Waals surface area contributed by atoms with Crippen LogP contribution >= 0.6 is 0 Å². The van der Waals surface area contributed by atoms with Crippen molar-refractivity contribution in [3.05, 3.63) is 41.2 Å². The molecule has 0 N–H and O–H groups in total. The third-order valence-electron chi connectivity index (χ3n) is 3.13. The number of benzene rings is 1. The van der Waals surface area contributed by atoms with Gasteiger partial charge in [-0.05, 0) is 32.5 Å². The highest BCUT2D eigenvalue weighted by Gasteiger charge is 2.13. The first kappa shape index (κ1) is 10.7. The summed E-state index contributed by atoms with van der Waals surface area (Å²) in [6.07, 6.45) is 2.70. The van der Waals surface area contributed by atoms with Gasteiger partial charge in [0.2, 0.25) is 0 Å². The molecule has 15 heavy (non-hydrogen) atoms. The molecule has 1 saturated heterocycles. The molecular formula is C13H19N2-. The van der Waals surface area contributed by atoms with E-state index in [4.69, 9.17) is 0 Å². The first-order valence-electron chi connectivity index (χ1n) is 5.76. The molecule has 2 heteroatoms. The predicted molar refractivity (Wildman–Crippen MR) is 64.1 cm³/mol. The lowest BCUT2D eigenvalue weighted by molar-refractivity contribution is 0.326. The van der Waals surface area contributed by atoms with Crippen molar-refractivity contribution in [3.63, 3.8) is 0 Å². The third kappa shape index (κ3) is 2.80. The lowest BCUT2D eigenvalue weighted by atomic mass is 10.1. The summed E-state index contributed by atoms with van der Waals surface area (Å²) in [4.78, 5) is 2.52. The van der Waals surface area contributed by atoms with E-state index < -0.39 is 0 Å². The summed E-state index contributed by atoms with van der Waals surface area (Å²) < 4.78 is 0. The van der Waals surface area contributed by atoms with Crippen LogP contribution in [0.2, 0.25) is 0 Å². The van der Waals surface area contributed by atoms with Gasteiger partial charge < -0.3 is 10.2 Å². The van der Waals surface area contributed by atoms with Crippen LogP contribution in [0.3, 0.4) is 0 Å². The zero-order chi connectivity index (χ0) is 10.5. The van der Waals surface area contributed by atoms with Gasteiger partial charge in [-0.1, -0.05) is 41.9 Å². The second-order valence-electron chi connectivity index (χ2n) is 4.19. The first-order valence-corrected chi connectivity index (χ1v) is 5.76. The van der Waals surface area contributed by atoms with Gasteiger partial charge in [-0.25, -0.2) is 0 Å². The van der Waals surface area contributed by atoms with E-state index in [1.807, 2.05) is 7.05 Å². The van der Waals surface area contributed by atoms with Crippen LogP contribution in [0, 0.1) is 0 Å². The Bertz CT molecular complexity index is 278. The molecule has 0 aromatic heterocycles. The van der Waals surface area contributed by atoms with Crippen LogP contribution in [0.1, 0.15) is 24.4 Å². The van der Waals surface area contributed by atoms with Crippen LogP contribution < -0.4 is 0 Å². The van der Waals surface area contributed by atoms with Crippen molar-refractivity contribution in [2.45, 2.75) is 18.9 Å². The molecule has 1 unspecified atom stereocenters. The maximum Gasteiger partial charge on any atom is -0.00187 e. The van der Waals surface area contributed by atoms with E-state index in [0.29, 0.717) is 6.04 Å². The minimum Gasteiger partial charge on any atom is -0.657 e. The third-order valence-corrected chi connectivity index (χ3v) is 3.13. The summed E-state index contributed by atoms with van der Waals surface area (Å²) in [5.41, 5.74) is 1.34. The standard InChI is InChI=1S/C13H19N2/c1-14-13(11-15-9-5-6-10-15)12-7-3-2-4-8-12/h2-4,7-8,13H,5-6,9-11H2,1H3/q-1. The van der Waals surface area contributed by atoms with E-state index in [2.05, 4.69) is 40.5 Å². The van der Waals surface area contributed by atoms with Crippen LogP contribution in [0.5, 0.6) is 0 Å². The molecule has 1 heterocycles. The van der Waals surface area contributed by atoms with Gasteiger partial charge in [-0.15, -0.1) is 0 Å². The Kier molecular flexibility index (Phi) is 3.75. The average Bonchev–Trinajstić information content (AvgIpc) is 2.80. The first-order chi connectivity index (χ1) is 7.40. The predicted octanol–water partition coefficient (Wildman–Crippen LogP) is 2.83. The topological polar surface area (TPSA) is 17.3 Å². The van der Waals surface area contributed by atoms with Crippen LogP contribution in [-0.4, -0.2) is 31.6 Å². The highest BCUT2D eigenvalue weighted by atomic mass is 15.2. The van der Waals surface area contributed by atoms with Crippen LogP contribution in [-0.2, 0) is 0 Å². The molecule has 1 fully saturated rings. The number of likely N-dealkylation sites (N-methyl/N-ethyl adjacent to an activating group) is 1. The highest BCUT2D eigenvalue weighted by molar-refractivity contribution is 5.23. The maximum absolute atomic E-state index is 4.48. The van der Waals surface area contributed by atoms with Crippen molar-refractivity contribution in [1.82, 2.24) is 4.90 Å². The monoisotopic (exact) mass is 203 g/mol. The fourth-order valence-corrected chi connectivity index (χ4v) is 2.22. The lowest BCUT2D eigenvalue weighted by Crippen LogP contribution is -2.25. The van der Waals surface area contributed by atoms with E-state index in [1.165, 1.54) is 31.5 Å². The Hall–Kier alpha value is -0.860. The van der Waals surface area contributed by atoms with E-state index in [1.54, 1.807) is 0 Å². The second-order valence-corrected chi connectivity index (χ2v) is 4.19. The lowest BCUT2D eigenvalue weighted by Gasteiger charge is -2.32. The van der Waals surface area contributed by atoms with Crippen molar-refractivity contribution < 1.29 is 0 Å². The average molecular weight is 203 g/mol. The molecule has 0 saturated carbocycles. The van der Waals surface area contributed by atoms with Crippen LogP contribution in [0.25, 0.3) is 5.32 Å². The van der Waals surface area contributed by atoms with Crippen molar-refractivity contribution in [2.24, 2.45) is 0 Å². The molecule has 1 aliphatic rings. The van der Waals surface area contributed by atoms with Crippen molar-refractivity contribution in [3.8, 4) is 0 Å². The Morgan fingerprint density at radius 1 is 1.20 bits per heavy atom. The summed E-state index contributed by atoms with van der Waals surface area (Å²) >= 11 is 0. The largest absolute Gasteiger partial charge is 0.657 e. The fourth-order valence-electron chi connectivity index (χ4n) is 2.22. The van der Waals surface area contributed by atoms with Crippen molar-refractivity contribution in [1.29, 1.82) is 0 Å². The molecule has 2 rings (SSSR count). The van der Waals surface area contributed by atoms with E-state index in [0.717, 1.165) is 6.54 Å². The molecule has 1 aromatic carbocycles. The zero-order valence-corrected chi connectivity index (χ0v) is 9.39. The second kappa shape index (κ2) is 5.29. The number of hydrogen-bond acceptors (Lipinski definition) is 1. The van der Waals surface area contributed by atoms with Gasteiger partial charge in [0.25, 0.3) is 0 Å². The summed E-state index contributed by atoms with van der Waals surface area (Å²) in [6, 6.07) is 11.0. The SMILES string of the molecule is C[N-]C(CN1CCCC1)c1ccccc1. The van der Waals surface area contributed by atoms with E-state index >= 15 is 0 Å². The Morgan fingerprint density at radius 2 is 1.87 bits per heavy atom. The molecule has 2 nitrogen and oxygen atoms in total. The number of rotatable bonds is 4. The molecule has 0 bridgehead atoms. The molecule has 0 radical (unpaired) electrons. The molecule has 0 spiro atoms. The van der Waals surface area contributed by atoms with Gasteiger partial charge in [0.1, 0.15) is 0 Å². The minimum atomic E-state index is 0.351. The molecular weight excluding hydrogens is 184 g/mol. The molecule has 0 amide bonds. The molecule has 1 aliphatic heterocycles. The van der Waals surface area contributed by atoms with E-state index in [9.17, 15) is 0 Å². The Morgan fingerprint density at radius 3 is 2.47 bits per heavy atom. The van der Waals surface area contributed by atoms with Gasteiger partial charge in [-0.3, -0.25) is 0 Å². The van der Waals surface area contributed by atoms with Gasteiger partial charge in [0, 0.05) is 0 Å². The molecule has 1 atom stereocenters. The summed E-state index contributed by atoms with van der Waals surface area (Å²) in [7, 11) is 1.92. The van der Waals surface area contributed by atoms with Gasteiger partial charge >= 0.3 is 0 Å². The normalized spacial score (nSPS) is 19.3. The van der Waals surface area contributed by atoms with Crippen molar-refractivity contribution >= 4 is 0 Å². The number of likely N-dealkylation sites (tertiary alicyclic amines) is 1. The molecule has 82 valence electrons. The van der Waals surface area contributed by atoms with Gasteiger partial charge in [0.15, 0.2) is 0 Å². The summed E-state index contributed by atoms with van der Waals surface area (Å²) in [6.45, 7) is 3.58. The van der Waals surface area contributed by atoms with Crippen LogP contribution in [0.15, 0.2) is 30.3 Å². The number of hydrogen-bond donors (Lipinski definition) is 0. The summed E-state index contributed by atoms with van der Waals surface area (Å²) in [5, 5.41) is 4.48. The molecule has 1 aromatic rings. The Balaban J connectivity index is 1.97. The summed E-state index contributed by atoms with van der Waals surface area (Å²) in [5.74, 6) is 0. The number of nitrogens with zero attached hydrogens (tertiary/aromatic N) is 2. The van der Waals surface area contributed by atoms with Gasteiger partial charge in [-0.2, -0.15) is 7.05 Å². The maximum atomic E-state index is 4.48. The quantitative estimate of drug-likeness (QED) is 0.735. The smallest absolute Gasteiger partial charge is 0.00187 e. The van der Waals surface area contributed by atoms with Crippen LogP contribution in [0.4, 0.5) is 0 Å². The Labute approximate surface area is 92.3 Å². The molecule has 0 aliphatic carbocycles. The minimum absolute atomic E-state index is 0.351. The van der Waals surface area contributed by atoms with E-state index in [-0.39, 0.29) is 0 Å². The fraction of sp³-hybridized carbons (Fsp3) is 0.538. The van der Waals surface area contributed by atoms with Crippen molar-refractivity contribution in [2.75, 3.05) is 26.7 Å². The van der Waals surface area contributed by atoms with Gasteiger partial charge in [0.05, 0.1) is 0 Å².